The number of nitrogens with zero attached hydrogens (tertiary/aromatic N) is 2. The number of nitrogens with one attached hydrogen (secondary N) is 1. The largest absolute Gasteiger partial charge is 0.371 e. The highest BCUT2D eigenvalue weighted by atomic mass is 35.5. The molecular weight excluding hydrogens is 357 g/mol. The van der Waals surface area contributed by atoms with Crippen LogP contribution < -0.4 is 9.62 Å². The van der Waals surface area contributed by atoms with Crippen LogP contribution in [0.3, 0.4) is 0 Å². The number of para-hydroxylation sites is 1. The summed E-state index contributed by atoms with van der Waals surface area (Å²) in [5, 5.41) is 0.173. The summed E-state index contributed by atoms with van der Waals surface area (Å²) in [6.07, 6.45) is 1.18. The van der Waals surface area contributed by atoms with Crippen LogP contribution in [0.1, 0.15) is 6.92 Å². The van der Waals surface area contributed by atoms with Crippen molar-refractivity contribution in [2.75, 3.05) is 18.5 Å². The van der Waals surface area contributed by atoms with E-state index in [1.54, 1.807) is 0 Å². The molecule has 0 aliphatic carbocycles. The quantitative estimate of drug-likeness (QED) is 0.789. The van der Waals surface area contributed by atoms with Gasteiger partial charge in [0.1, 0.15) is 10.0 Å². The van der Waals surface area contributed by atoms with Gasteiger partial charge in [-0.1, -0.05) is 41.4 Å². The van der Waals surface area contributed by atoms with Gasteiger partial charge >= 0.3 is 0 Å². The van der Waals surface area contributed by atoms with Gasteiger partial charge in [0.25, 0.3) is 0 Å². The molecule has 0 aliphatic heterocycles. The maximum atomic E-state index is 12.3. The smallest absolute Gasteiger partial charge is 0.242 e. The van der Waals surface area contributed by atoms with E-state index in [4.69, 9.17) is 23.2 Å². The van der Waals surface area contributed by atoms with Gasteiger partial charge < -0.3 is 4.90 Å². The van der Waals surface area contributed by atoms with Gasteiger partial charge in [0.15, 0.2) is 0 Å². The first-order valence-corrected chi connectivity index (χ1v) is 9.14. The van der Waals surface area contributed by atoms with Crippen molar-refractivity contribution < 1.29 is 8.42 Å². The number of aromatic nitrogens is 1. The van der Waals surface area contributed by atoms with Crippen LogP contribution in [0.5, 0.6) is 0 Å². The zero-order chi connectivity index (χ0) is 17.0. The Bertz CT molecular complexity index is 770. The SMILES string of the molecule is C[C@@H](CNS(=O)(=O)c1cnc(Cl)c(Cl)c1)N(C)c1ccccc1. The lowest BCUT2D eigenvalue weighted by Crippen LogP contribution is -2.40. The summed E-state index contributed by atoms with van der Waals surface area (Å²) in [6.45, 7) is 2.18. The molecule has 124 valence electrons. The van der Waals surface area contributed by atoms with E-state index in [1.165, 1.54) is 12.3 Å². The first-order chi connectivity index (χ1) is 10.8. The van der Waals surface area contributed by atoms with Crippen LogP contribution in [0.25, 0.3) is 0 Å². The zero-order valence-corrected chi connectivity index (χ0v) is 15.0. The summed E-state index contributed by atoms with van der Waals surface area (Å²) in [4.78, 5) is 5.74. The van der Waals surface area contributed by atoms with Crippen molar-refractivity contribution in [3.63, 3.8) is 0 Å². The van der Waals surface area contributed by atoms with Gasteiger partial charge in [0.2, 0.25) is 10.0 Å². The molecule has 0 saturated carbocycles. The number of halogens is 2. The molecule has 0 radical (unpaired) electrons. The number of pyridine rings is 1. The van der Waals surface area contributed by atoms with E-state index in [0.29, 0.717) is 0 Å². The van der Waals surface area contributed by atoms with Gasteiger partial charge in [-0.2, -0.15) is 0 Å². The second kappa shape index (κ2) is 7.49. The minimum atomic E-state index is -3.69. The van der Waals surface area contributed by atoms with Gasteiger partial charge in [-0.15, -0.1) is 0 Å². The third-order valence-electron chi connectivity index (χ3n) is 3.47. The number of rotatable bonds is 6. The molecule has 8 heteroatoms. The Kier molecular flexibility index (Phi) is 5.86. The third kappa shape index (κ3) is 4.57. The van der Waals surface area contributed by atoms with Crippen LogP contribution in [-0.2, 0) is 10.0 Å². The number of benzene rings is 1. The van der Waals surface area contributed by atoms with Crippen LogP contribution in [0.4, 0.5) is 5.69 Å². The summed E-state index contributed by atoms with van der Waals surface area (Å²) in [5.41, 5.74) is 1.01. The molecule has 0 fully saturated rings. The Labute approximate surface area is 146 Å². The molecule has 1 aromatic heterocycles. The van der Waals surface area contributed by atoms with Gasteiger partial charge in [-0.3, -0.25) is 0 Å². The molecule has 1 atom stereocenters. The monoisotopic (exact) mass is 373 g/mol. The van der Waals surface area contributed by atoms with Gasteiger partial charge in [-0.25, -0.2) is 18.1 Å². The molecule has 0 saturated heterocycles. The number of likely N-dealkylation sites (N-methyl/N-ethyl adjacent to an activating group) is 1. The molecule has 5 nitrogen and oxygen atoms in total. The minimum absolute atomic E-state index is 0.0125. The summed E-state index contributed by atoms with van der Waals surface area (Å²) in [5.74, 6) is 0. The average Bonchev–Trinajstić information content (AvgIpc) is 2.55. The molecule has 2 rings (SSSR count). The Morgan fingerprint density at radius 2 is 1.91 bits per heavy atom. The molecule has 1 N–H and O–H groups in total. The number of hydrogen-bond acceptors (Lipinski definition) is 4. The zero-order valence-electron chi connectivity index (χ0n) is 12.7. The van der Waals surface area contributed by atoms with Crippen LogP contribution in [0.15, 0.2) is 47.5 Å². The van der Waals surface area contributed by atoms with Crippen molar-refractivity contribution in [1.29, 1.82) is 0 Å². The van der Waals surface area contributed by atoms with E-state index in [0.717, 1.165) is 5.69 Å². The summed E-state index contributed by atoms with van der Waals surface area (Å²) >= 11 is 11.5. The number of hydrogen-bond donors (Lipinski definition) is 1. The maximum Gasteiger partial charge on any atom is 0.242 e. The van der Waals surface area contributed by atoms with E-state index in [1.807, 2.05) is 49.2 Å². The first kappa shape index (κ1) is 18.0. The fourth-order valence-corrected chi connectivity index (χ4v) is 3.34. The molecule has 0 aliphatic rings. The summed E-state index contributed by atoms with van der Waals surface area (Å²) in [7, 11) is -1.78. The van der Waals surface area contributed by atoms with E-state index < -0.39 is 10.0 Å². The predicted molar refractivity (Wildman–Crippen MR) is 93.8 cm³/mol. The molecule has 23 heavy (non-hydrogen) atoms. The van der Waals surface area contributed by atoms with Gasteiger partial charge in [0, 0.05) is 31.5 Å². The lowest BCUT2D eigenvalue weighted by atomic mass is 10.2. The molecule has 1 heterocycles. The van der Waals surface area contributed by atoms with Gasteiger partial charge in [-0.05, 0) is 25.1 Å². The number of anilines is 1. The fourth-order valence-electron chi connectivity index (χ4n) is 1.92. The molecule has 0 bridgehead atoms. The van der Waals surface area contributed by atoms with Crippen LogP contribution in [0.2, 0.25) is 10.2 Å². The van der Waals surface area contributed by atoms with Crippen molar-refractivity contribution >= 4 is 38.9 Å². The van der Waals surface area contributed by atoms with Crippen molar-refractivity contribution in [3.05, 3.63) is 52.8 Å². The Morgan fingerprint density at radius 3 is 2.52 bits per heavy atom. The molecular formula is C15H17Cl2N3O2S. The highest BCUT2D eigenvalue weighted by molar-refractivity contribution is 7.89. The second-order valence-electron chi connectivity index (χ2n) is 5.09. The fraction of sp³-hybridized carbons (Fsp3) is 0.267. The number of sulfonamides is 1. The van der Waals surface area contributed by atoms with Crippen LogP contribution in [-0.4, -0.2) is 33.0 Å². The average molecular weight is 374 g/mol. The van der Waals surface area contributed by atoms with E-state index in [9.17, 15) is 8.42 Å². The Morgan fingerprint density at radius 1 is 1.26 bits per heavy atom. The second-order valence-corrected chi connectivity index (χ2v) is 7.62. The van der Waals surface area contributed by atoms with Crippen molar-refractivity contribution in [2.45, 2.75) is 17.9 Å². The topological polar surface area (TPSA) is 62.3 Å². The molecule has 0 amide bonds. The Hall–Kier alpha value is -1.34. The van der Waals surface area contributed by atoms with Crippen LogP contribution in [0, 0.1) is 0 Å². The van der Waals surface area contributed by atoms with E-state index in [2.05, 4.69) is 9.71 Å². The van der Waals surface area contributed by atoms with E-state index >= 15 is 0 Å². The summed E-state index contributed by atoms with van der Waals surface area (Å²) in [6, 6.07) is 11.0. The third-order valence-corrected chi connectivity index (χ3v) is 5.55. The predicted octanol–water partition coefficient (Wildman–Crippen LogP) is 3.19. The highest BCUT2D eigenvalue weighted by Gasteiger charge is 2.18. The van der Waals surface area contributed by atoms with Crippen LogP contribution >= 0.6 is 23.2 Å². The van der Waals surface area contributed by atoms with Crippen molar-refractivity contribution in [1.82, 2.24) is 9.71 Å². The standard InChI is InChI=1S/C15H17Cl2N3O2S/c1-11(20(2)12-6-4-3-5-7-12)9-19-23(21,22)13-8-14(16)15(17)18-10-13/h3-8,10-11,19H,9H2,1-2H3/t11-/m0/s1. The van der Waals surface area contributed by atoms with E-state index in [-0.39, 0.29) is 27.7 Å². The molecule has 0 unspecified atom stereocenters. The molecule has 1 aromatic carbocycles. The normalized spacial score (nSPS) is 12.9. The minimum Gasteiger partial charge on any atom is -0.371 e. The first-order valence-electron chi connectivity index (χ1n) is 6.90. The lowest BCUT2D eigenvalue weighted by Gasteiger charge is -2.27. The van der Waals surface area contributed by atoms with Crippen molar-refractivity contribution in [3.8, 4) is 0 Å². The van der Waals surface area contributed by atoms with Gasteiger partial charge in [0.05, 0.1) is 5.02 Å². The molecule has 0 spiro atoms. The Balaban J connectivity index is 2.05. The highest BCUT2D eigenvalue weighted by Crippen LogP contribution is 2.22. The summed E-state index contributed by atoms with van der Waals surface area (Å²) < 4.78 is 27.1. The van der Waals surface area contributed by atoms with Crippen molar-refractivity contribution in [2.24, 2.45) is 0 Å². The lowest BCUT2D eigenvalue weighted by molar-refractivity contribution is 0.569. The molecule has 2 aromatic rings. The maximum absolute atomic E-state index is 12.3.